The number of hydrogen-bond acceptors (Lipinski definition) is 4. The minimum Gasteiger partial charge on any atom is -0.300 e. The third-order valence-corrected chi connectivity index (χ3v) is 3.26. The second-order valence-electron chi connectivity index (χ2n) is 4.29. The third kappa shape index (κ3) is 1.09. The van der Waals surface area contributed by atoms with E-state index in [4.69, 9.17) is 0 Å². The molecule has 0 radical (unpaired) electrons. The maximum Gasteiger partial charge on any atom is 0.278 e. The van der Waals surface area contributed by atoms with Crippen LogP contribution in [0.25, 0.3) is 21.7 Å². The quantitative estimate of drug-likeness (QED) is 0.628. The Hall–Kier alpha value is -2.62. The molecule has 1 aliphatic heterocycles. The minimum absolute atomic E-state index is 0.195. The summed E-state index contributed by atoms with van der Waals surface area (Å²) < 4.78 is 0. The summed E-state index contributed by atoms with van der Waals surface area (Å²) in [4.78, 5) is 16.3. The van der Waals surface area contributed by atoms with Crippen LogP contribution in [0.4, 0.5) is 11.4 Å². The van der Waals surface area contributed by atoms with Crippen LogP contribution >= 0.6 is 0 Å². The molecule has 2 aromatic carbocycles. The highest BCUT2D eigenvalue weighted by atomic mass is 16.1. The standard InChI is InChI=1S/C14H9N3O/c18-14-9-5-3-7-11-12(9)13(17-16-11)8-4-1-2-6-10(8)15-14/h1-7,16-17H. The predicted octanol–water partition coefficient (Wildman–Crippen LogP) is 2.50. The van der Waals surface area contributed by atoms with E-state index in [0.717, 1.165) is 22.1 Å². The molecule has 2 N–H and O–H groups in total. The molecule has 0 unspecified atom stereocenters. The number of para-hydroxylation sites is 1. The summed E-state index contributed by atoms with van der Waals surface area (Å²) >= 11 is 0. The average Bonchev–Trinajstić information content (AvgIpc) is 2.77. The van der Waals surface area contributed by atoms with Gasteiger partial charge in [-0.3, -0.25) is 10.2 Å². The van der Waals surface area contributed by atoms with Crippen molar-refractivity contribution in [3.63, 3.8) is 0 Å². The second-order valence-corrected chi connectivity index (χ2v) is 4.29. The fraction of sp³-hybridized carbons (Fsp3) is 0. The smallest absolute Gasteiger partial charge is 0.278 e. The van der Waals surface area contributed by atoms with Gasteiger partial charge in [-0.25, -0.2) is 4.98 Å². The first-order valence-electron chi connectivity index (χ1n) is 5.72. The van der Waals surface area contributed by atoms with Crippen molar-refractivity contribution in [2.45, 2.75) is 0 Å². The summed E-state index contributed by atoms with van der Waals surface area (Å²) in [6.07, 6.45) is 0. The van der Waals surface area contributed by atoms with Gasteiger partial charge in [0.15, 0.2) is 0 Å². The van der Waals surface area contributed by atoms with E-state index in [1.54, 1.807) is 0 Å². The molecule has 0 aliphatic carbocycles. The molecule has 0 bridgehead atoms. The highest BCUT2D eigenvalue weighted by Crippen LogP contribution is 2.36. The van der Waals surface area contributed by atoms with Gasteiger partial charge in [0.1, 0.15) is 0 Å². The lowest BCUT2D eigenvalue weighted by Gasteiger charge is -1.99. The van der Waals surface area contributed by atoms with Gasteiger partial charge in [-0.2, -0.15) is 0 Å². The van der Waals surface area contributed by atoms with Gasteiger partial charge in [-0.05, 0) is 18.2 Å². The van der Waals surface area contributed by atoms with E-state index in [1.807, 2.05) is 42.5 Å². The van der Waals surface area contributed by atoms with Crippen molar-refractivity contribution in [3.8, 4) is 0 Å². The zero-order chi connectivity index (χ0) is 12.1. The molecule has 0 amide bonds. The summed E-state index contributed by atoms with van der Waals surface area (Å²) in [6, 6.07) is 13.3. The summed E-state index contributed by atoms with van der Waals surface area (Å²) in [5, 5.41) is 2.49. The number of fused-ring (bicyclic) bond motifs is 2. The van der Waals surface area contributed by atoms with Gasteiger partial charge in [0.25, 0.3) is 5.56 Å². The highest BCUT2D eigenvalue weighted by Gasteiger charge is 2.16. The van der Waals surface area contributed by atoms with Crippen LogP contribution in [0, 0.1) is 0 Å². The Morgan fingerprint density at radius 2 is 1.72 bits per heavy atom. The average molecular weight is 235 g/mol. The number of hydrazine groups is 1. The number of nitrogens with one attached hydrogen (secondary N) is 2. The fourth-order valence-electron chi connectivity index (χ4n) is 2.45. The van der Waals surface area contributed by atoms with Crippen molar-refractivity contribution in [1.82, 2.24) is 4.98 Å². The van der Waals surface area contributed by atoms with E-state index < -0.39 is 0 Å². The first kappa shape index (κ1) is 9.41. The Bertz CT molecular complexity index is 858. The molecule has 1 aromatic heterocycles. The Labute approximate surface area is 102 Å². The molecule has 3 aromatic rings. The molecule has 2 heterocycles. The number of nitrogens with zero attached hydrogens (tertiary/aromatic N) is 1. The topological polar surface area (TPSA) is 54.0 Å². The van der Waals surface area contributed by atoms with Gasteiger partial charge in [0.2, 0.25) is 0 Å². The van der Waals surface area contributed by atoms with E-state index >= 15 is 0 Å². The van der Waals surface area contributed by atoms with Crippen molar-refractivity contribution < 1.29 is 0 Å². The number of anilines is 2. The van der Waals surface area contributed by atoms with Crippen LogP contribution in [-0.2, 0) is 0 Å². The lowest BCUT2D eigenvalue weighted by atomic mass is 10.1. The van der Waals surface area contributed by atoms with Crippen molar-refractivity contribution in [2.75, 3.05) is 10.9 Å². The molecule has 4 heteroatoms. The van der Waals surface area contributed by atoms with E-state index in [0.29, 0.717) is 10.9 Å². The van der Waals surface area contributed by atoms with Gasteiger partial charge in [0.05, 0.1) is 22.3 Å². The fourth-order valence-corrected chi connectivity index (χ4v) is 2.45. The maximum atomic E-state index is 12.2. The van der Waals surface area contributed by atoms with Crippen molar-refractivity contribution in [3.05, 3.63) is 52.8 Å². The van der Waals surface area contributed by atoms with Gasteiger partial charge >= 0.3 is 0 Å². The SMILES string of the molecule is O=c1nc2ccccc2c2c3c(cccc13)NN2. The Morgan fingerprint density at radius 1 is 0.889 bits per heavy atom. The van der Waals surface area contributed by atoms with Crippen LogP contribution in [-0.4, -0.2) is 4.98 Å². The molecule has 1 aliphatic rings. The minimum atomic E-state index is -0.195. The summed E-state index contributed by atoms with van der Waals surface area (Å²) in [7, 11) is 0. The first-order chi connectivity index (χ1) is 8.84. The first-order valence-corrected chi connectivity index (χ1v) is 5.72. The molecule has 4 nitrogen and oxygen atoms in total. The molecule has 0 fully saturated rings. The van der Waals surface area contributed by atoms with E-state index in [1.165, 1.54) is 0 Å². The second kappa shape index (κ2) is 3.20. The van der Waals surface area contributed by atoms with E-state index in [2.05, 4.69) is 15.8 Å². The van der Waals surface area contributed by atoms with E-state index in [-0.39, 0.29) is 5.56 Å². The van der Waals surface area contributed by atoms with E-state index in [9.17, 15) is 4.79 Å². The van der Waals surface area contributed by atoms with Crippen LogP contribution in [0.3, 0.4) is 0 Å². The lowest BCUT2D eigenvalue weighted by molar-refractivity contribution is 1.35. The summed E-state index contributed by atoms with van der Waals surface area (Å²) in [5.41, 5.74) is 8.58. The number of hydrogen-bond donors (Lipinski definition) is 2. The Balaban J connectivity index is 2.43. The Kier molecular flexibility index (Phi) is 1.67. The zero-order valence-electron chi connectivity index (χ0n) is 9.40. The number of benzene rings is 2. The van der Waals surface area contributed by atoms with Gasteiger partial charge in [0, 0.05) is 10.8 Å². The number of aromatic nitrogens is 1. The summed E-state index contributed by atoms with van der Waals surface area (Å²) in [6.45, 7) is 0. The predicted molar refractivity (Wildman–Crippen MR) is 72.8 cm³/mol. The molecule has 0 saturated heterocycles. The van der Waals surface area contributed by atoms with Gasteiger partial charge in [-0.15, -0.1) is 0 Å². The van der Waals surface area contributed by atoms with Crippen molar-refractivity contribution in [2.24, 2.45) is 0 Å². The Morgan fingerprint density at radius 3 is 2.67 bits per heavy atom. The molecule has 0 spiro atoms. The van der Waals surface area contributed by atoms with Crippen molar-refractivity contribution >= 4 is 33.1 Å². The molecule has 18 heavy (non-hydrogen) atoms. The molecular formula is C14H9N3O. The molecule has 0 atom stereocenters. The molecular weight excluding hydrogens is 226 g/mol. The van der Waals surface area contributed by atoms with Crippen molar-refractivity contribution in [1.29, 1.82) is 0 Å². The third-order valence-electron chi connectivity index (χ3n) is 3.26. The van der Waals surface area contributed by atoms with Crippen LogP contribution in [0.2, 0.25) is 0 Å². The monoisotopic (exact) mass is 235 g/mol. The normalized spacial score (nSPS) is 12.4. The van der Waals surface area contributed by atoms with Crippen LogP contribution in [0.15, 0.2) is 47.3 Å². The van der Waals surface area contributed by atoms with Crippen LogP contribution in [0.1, 0.15) is 0 Å². The maximum absolute atomic E-state index is 12.2. The van der Waals surface area contributed by atoms with Gasteiger partial charge in [-0.1, -0.05) is 24.3 Å². The van der Waals surface area contributed by atoms with Gasteiger partial charge < -0.3 is 5.43 Å². The highest BCUT2D eigenvalue weighted by molar-refractivity contribution is 6.14. The zero-order valence-corrected chi connectivity index (χ0v) is 9.40. The van der Waals surface area contributed by atoms with Crippen LogP contribution < -0.4 is 16.4 Å². The molecule has 86 valence electrons. The molecule has 4 rings (SSSR count). The molecule has 0 saturated carbocycles. The van der Waals surface area contributed by atoms with Crippen LogP contribution in [0.5, 0.6) is 0 Å². The number of rotatable bonds is 0. The lowest BCUT2D eigenvalue weighted by Crippen LogP contribution is -2.03. The largest absolute Gasteiger partial charge is 0.300 e. The summed E-state index contributed by atoms with van der Waals surface area (Å²) in [5.74, 6) is 0.